The van der Waals surface area contributed by atoms with Crippen molar-refractivity contribution >= 4 is 0 Å². The normalized spacial score (nSPS) is 27.9. The zero-order valence-electron chi connectivity index (χ0n) is 12.4. The number of aromatic nitrogens is 2. The Labute approximate surface area is 126 Å². The van der Waals surface area contributed by atoms with Crippen LogP contribution in [-0.4, -0.2) is 49.4 Å². The molecule has 0 spiro atoms. The van der Waals surface area contributed by atoms with E-state index in [9.17, 15) is 19.8 Å². The molecule has 1 fully saturated rings. The Morgan fingerprint density at radius 3 is 2.55 bits per heavy atom. The molecule has 2 heterocycles. The minimum atomic E-state index is -1.37. The van der Waals surface area contributed by atoms with E-state index < -0.39 is 42.4 Å². The number of aliphatic hydroxyl groups is 3. The number of nitrogens with zero attached hydrogens (tertiary/aromatic N) is 2. The van der Waals surface area contributed by atoms with Crippen molar-refractivity contribution < 1.29 is 20.1 Å². The van der Waals surface area contributed by atoms with Gasteiger partial charge < -0.3 is 20.1 Å². The second kappa shape index (κ2) is 6.57. The van der Waals surface area contributed by atoms with Crippen LogP contribution in [0.15, 0.2) is 33.5 Å². The third kappa shape index (κ3) is 3.05. The molecule has 2 rings (SSSR count). The maximum atomic E-state index is 12.4. The zero-order chi connectivity index (χ0) is 16.4. The van der Waals surface area contributed by atoms with Crippen molar-refractivity contribution in [2.24, 2.45) is 0 Å². The molecule has 0 aromatic carbocycles. The topological polar surface area (TPSA) is 114 Å². The molecule has 0 aliphatic carbocycles. The summed E-state index contributed by atoms with van der Waals surface area (Å²) in [6.07, 6.45) is -1.87. The van der Waals surface area contributed by atoms with Gasteiger partial charge in [0.05, 0.1) is 6.61 Å². The van der Waals surface area contributed by atoms with Crippen molar-refractivity contribution in [3.8, 4) is 0 Å². The zero-order valence-corrected chi connectivity index (χ0v) is 12.4. The maximum Gasteiger partial charge on any atom is 0.333 e. The fraction of sp³-hybridized carbons (Fsp3) is 0.571. The van der Waals surface area contributed by atoms with Crippen molar-refractivity contribution in [2.45, 2.75) is 44.9 Å². The van der Waals surface area contributed by atoms with Crippen molar-refractivity contribution in [1.82, 2.24) is 9.13 Å². The quantitative estimate of drug-likeness (QED) is 0.589. The largest absolute Gasteiger partial charge is 0.394 e. The summed E-state index contributed by atoms with van der Waals surface area (Å²) in [5, 5.41) is 28.8. The van der Waals surface area contributed by atoms with Crippen LogP contribution in [0.5, 0.6) is 0 Å². The maximum absolute atomic E-state index is 12.4. The van der Waals surface area contributed by atoms with Gasteiger partial charge in [0, 0.05) is 18.8 Å². The van der Waals surface area contributed by atoms with Crippen molar-refractivity contribution in [2.75, 3.05) is 6.61 Å². The van der Waals surface area contributed by atoms with Gasteiger partial charge in [0.2, 0.25) is 0 Å². The molecule has 0 amide bonds. The fourth-order valence-corrected chi connectivity index (χ4v) is 2.28. The molecule has 0 saturated carbocycles. The van der Waals surface area contributed by atoms with Gasteiger partial charge in [-0.15, -0.1) is 0 Å². The van der Waals surface area contributed by atoms with Gasteiger partial charge in [-0.25, -0.2) is 4.79 Å². The molecule has 22 heavy (non-hydrogen) atoms. The Bertz CT molecular complexity index is 673. The van der Waals surface area contributed by atoms with Crippen LogP contribution in [0.2, 0.25) is 0 Å². The number of hydrogen-bond acceptors (Lipinski definition) is 6. The van der Waals surface area contributed by atoms with Crippen LogP contribution in [0.3, 0.4) is 0 Å². The SMILES string of the molecule is CC(C)=CCn1c(=O)ccn(C2O[C@H](CO)[C@@H](O)[C@H]2O)c1=O. The van der Waals surface area contributed by atoms with Crippen LogP contribution in [0.4, 0.5) is 0 Å². The first kappa shape index (κ1) is 16.6. The summed E-state index contributed by atoms with van der Waals surface area (Å²) in [5.41, 5.74) is -0.167. The van der Waals surface area contributed by atoms with E-state index in [2.05, 4.69) is 0 Å². The molecule has 1 aliphatic heterocycles. The lowest BCUT2D eigenvalue weighted by molar-refractivity contribution is -0.0555. The molecule has 1 unspecified atom stereocenters. The van der Waals surface area contributed by atoms with E-state index in [-0.39, 0.29) is 6.54 Å². The lowest BCUT2D eigenvalue weighted by Gasteiger charge is -2.18. The highest BCUT2D eigenvalue weighted by Gasteiger charge is 2.43. The van der Waals surface area contributed by atoms with Gasteiger partial charge in [0.1, 0.15) is 18.3 Å². The highest BCUT2D eigenvalue weighted by Crippen LogP contribution is 2.27. The molecule has 4 atom stereocenters. The predicted molar refractivity (Wildman–Crippen MR) is 77.4 cm³/mol. The Balaban J connectivity index is 2.41. The second-order valence-corrected chi connectivity index (χ2v) is 5.46. The van der Waals surface area contributed by atoms with Gasteiger partial charge >= 0.3 is 5.69 Å². The van der Waals surface area contributed by atoms with E-state index >= 15 is 0 Å². The van der Waals surface area contributed by atoms with Gasteiger partial charge in [-0.2, -0.15) is 0 Å². The molecule has 0 radical (unpaired) electrons. The van der Waals surface area contributed by atoms with Crippen molar-refractivity contribution in [3.63, 3.8) is 0 Å². The lowest BCUT2D eigenvalue weighted by Crippen LogP contribution is -2.42. The Hall–Kier alpha value is -1.74. The first-order chi connectivity index (χ1) is 10.4. The summed E-state index contributed by atoms with van der Waals surface area (Å²) >= 11 is 0. The Morgan fingerprint density at radius 2 is 2.00 bits per heavy atom. The third-order valence-electron chi connectivity index (χ3n) is 3.57. The van der Waals surface area contributed by atoms with Crippen LogP contribution in [0.1, 0.15) is 20.1 Å². The molecule has 8 heteroatoms. The summed E-state index contributed by atoms with van der Waals surface area (Å²) in [7, 11) is 0. The van der Waals surface area contributed by atoms with Gasteiger partial charge in [-0.3, -0.25) is 13.9 Å². The number of ether oxygens (including phenoxy) is 1. The molecule has 1 aliphatic rings. The molecule has 0 bridgehead atoms. The van der Waals surface area contributed by atoms with Crippen LogP contribution >= 0.6 is 0 Å². The monoisotopic (exact) mass is 312 g/mol. The van der Waals surface area contributed by atoms with Gasteiger partial charge in [-0.05, 0) is 13.8 Å². The Kier molecular flexibility index (Phi) is 4.97. The lowest BCUT2D eigenvalue weighted by atomic mass is 10.1. The van der Waals surface area contributed by atoms with Gasteiger partial charge in [0.25, 0.3) is 5.56 Å². The number of hydrogen-bond donors (Lipinski definition) is 3. The molecule has 122 valence electrons. The first-order valence-corrected chi connectivity index (χ1v) is 6.94. The van der Waals surface area contributed by atoms with E-state index in [1.54, 1.807) is 6.08 Å². The second-order valence-electron chi connectivity index (χ2n) is 5.46. The summed E-state index contributed by atoms with van der Waals surface area (Å²) in [5.74, 6) is 0. The number of rotatable bonds is 4. The van der Waals surface area contributed by atoms with Crippen LogP contribution in [0, 0.1) is 0 Å². The summed E-state index contributed by atoms with van der Waals surface area (Å²) in [4.78, 5) is 24.2. The average molecular weight is 312 g/mol. The van der Waals surface area contributed by atoms with Gasteiger partial charge in [0.15, 0.2) is 6.23 Å². The van der Waals surface area contributed by atoms with E-state index in [0.29, 0.717) is 0 Å². The van der Waals surface area contributed by atoms with Crippen LogP contribution in [-0.2, 0) is 11.3 Å². The van der Waals surface area contributed by atoms with Crippen molar-refractivity contribution in [3.05, 3.63) is 44.8 Å². The Morgan fingerprint density at radius 1 is 1.32 bits per heavy atom. The number of allylic oxidation sites excluding steroid dienone is 2. The molecule has 1 saturated heterocycles. The minimum absolute atomic E-state index is 0.107. The summed E-state index contributed by atoms with van der Waals surface area (Å²) in [6, 6.07) is 1.19. The highest BCUT2D eigenvalue weighted by atomic mass is 16.6. The third-order valence-corrected chi connectivity index (χ3v) is 3.57. The smallest absolute Gasteiger partial charge is 0.333 e. The number of aliphatic hydroxyl groups excluding tert-OH is 3. The van der Waals surface area contributed by atoms with Crippen LogP contribution < -0.4 is 11.2 Å². The molecule has 1 aromatic rings. The van der Waals surface area contributed by atoms with E-state index in [4.69, 9.17) is 9.84 Å². The van der Waals surface area contributed by atoms with E-state index in [0.717, 1.165) is 14.7 Å². The molecular weight excluding hydrogens is 292 g/mol. The standard InChI is InChI=1S/C14H20N2O6/c1-8(2)3-5-15-10(18)4-6-16(14(15)21)13-12(20)11(19)9(7-17)22-13/h3-4,6,9,11-13,17,19-20H,5,7H2,1-2H3/t9-,11-,12-,13?/m1/s1. The minimum Gasteiger partial charge on any atom is -0.394 e. The molecule has 8 nitrogen and oxygen atoms in total. The summed E-state index contributed by atoms with van der Waals surface area (Å²) in [6.45, 7) is 3.31. The molecule has 3 N–H and O–H groups in total. The van der Waals surface area contributed by atoms with Crippen molar-refractivity contribution in [1.29, 1.82) is 0 Å². The van der Waals surface area contributed by atoms with Crippen LogP contribution in [0.25, 0.3) is 0 Å². The average Bonchev–Trinajstić information content (AvgIpc) is 2.75. The first-order valence-electron chi connectivity index (χ1n) is 6.94. The highest BCUT2D eigenvalue weighted by molar-refractivity contribution is 4.98. The molecular formula is C14H20N2O6. The predicted octanol–water partition coefficient (Wildman–Crippen LogP) is -1.41. The summed E-state index contributed by atoms with van der Waals surface area (Å²) < 4.78 is 7.35. The van der Waals surface area contributed by atoms with E-state index in [1.807, 2.05) is 13.8 Å². The van der Waals surface area contributed by atoms with Gasteiger partial charge in [-0.1, -0.05) is 11.6 Å². The fourth-order valence-electron chi connectivity index (χ4n) is 2.28. The molecule has 1 aromatic heterocycles. The van der Waals surface area contributed by atoms with E-state index in [1.165, 1.54) is 12.3 Å².